The topological polar surface area (TPSA) is 57.1 Å². The van der Waals surface area contributed by atoms with Crippen molar-refractivity contribution in [2.45, 2.75) is 19.9 Å². The summed E-state index contributed by atoms with van der Waals surface area (Å²) in [5, 5.41) is 18.9. The lowest BCUT2D eigenvalue weighted by molar-refractivity contribution is -0.556. The molecule has 0 N–H and O–H groups in total. The van der Waals surface area contributed by atoms with Crippen molar-refractivity contribution in [2.75, 3.05) is 44.5 Å². The van der Waals surface area contributed by atoms with Gasteiger partial charge in [-0.2, -0.15) is 10.5 Å². The molecule has 7 heteroatoms. The average Bonchev–Trinajstić information content (AvgIpc) is 2.87. The lowest BCUT2D eigenvalue weighted by Gasteiger charge is -2.21. The summed E-state index contributed by atoms with van der Waals surface area (Å²) in [6, 6.07) is 10.7. The van der Waals surface area contributed by atoms with Crippen molar-refractivity contribution in [3.8, 4) is 12.1 Å². The van der Waals surface area contributed by atoms with Crippen LogP contribution in [0.15, 0.2) is 48.6 Å². The molecule has 0 aromatic heterocycles. The maximum atomic E-state index is 15.1. The van der Waals surface area contributed by atoms with E-state index < -0.39 is 11.6 Å². The van der Waals surface area contributed by atoms with Gasteiger partial charge in [-0.1, -0.05) is 13.0 Å². The molecule has 37 heavy (non-hydrogen) atoms. The maximum Gasteiger partial charge on any atom is 0.200 e. The molecular formula is C30H32F2N5+. The Morgan fingerprint density at radius 3 is 1.84 bits per heavy atom. The average molecular weight is 501 g/mol. The summed E-state index contributed by atoms with van der Waals surface area (Å²) in [4.78, 5) is 3.42. The minimum atomic E-state index is -0.553. The van der Waals surface area contributed by atoms with Gasteiger partial charge in [-0.05, 0) is 49.4 Å². The summed E-state index contributed by atoms with van der Waals surface area (Å²) in [7, 11) is 7.08. The predicted molar refractivity (Wildman–Crippen MR) is 147 cm³/mol. The highest BCUT2D eigenvalue weighted by atomic mass is 19.1. The molecule has 2 atom stereocenters. The Morgan fingerprint density at radius 2 is 1.38 bits per heavy atom. The Morgan fingerprint density at radius 1 is 0.865 bits per heavy atom. The molecule has 0 fully saturated rings. The van der Waals surface area contributed by atoms with Gasteiger partial charge >= 0.3 is 0 Å². The molecule has 2 aromatic rings. The molecule has 0 aliphatic carbocycles. The number of hydrogen-bond acceptors (Lipinski definition) is 4. The second kappa shape index (κ2) is 11.7. The van der Waals surface area contributed by atoms with Crippen LogP contribution in [0.3, 0.4) is 0 Å². The molecule has 0 spiro atoms. The molecule has 0 bridgehead atoms. The highest BCUT2D eigenvalue weighted by molar-refractivity contribution is 6.03. The van der Waals surface area contributed by atoms with Gasteiger partial charge in [-0.3, -0.25) is 0 Å². The van der Waals surface area contributed by atoms with Gasteiger partial charge in [0.05, 0.1) is 11.4 Å². The monoisotopic (exact) mass is 500 g/mol. The summed E-state index contributed by atoms with van der Waals surface area (Å²) in [5.74, 6) is -0.946. The fraction of sp³-hybridized carbons (Fsp3) is 0.300. The third-order valence-electron chi connectivity index (χ3n) is 6.53. The molecule has 2 aromatic carbocycles. The number of benzene rings is 2. The lowest BCUT2D eigenvalue weighted by atomic mass is 9.94. The van der Waals surface area contributed by atoms with Crippen LogP contribution in [-0.2, 0) is 0 Å². The zero-order valence-corrected chi connectivity index (χ0v) is 22.1. The number of nitrogens with zero attached hydrogens (tertiary/aromatic N) is 5. The zero-order valence-electron chi connectivity index (χ0n) is 22.1. The third kappa shape index (κ3) is 5.62. The SMILES string of the molecule is CC[N+]1=C(/C=C/c2ccc(N(C)C)c(C#N)c2F)C=C[C@H](C)C1/C=C/c1ccc(N(C)C)c(C#N)c1F. The molecule has 0 amide bonds. The van der Waals surface area contributed by atoms with Gasteiger partial charge in [0.1, 0.15) is 41.4 Å². The normalized spacial score (nSPS) is 17.4. The summed E-state index contributed by atoms with van der Waals surface area (Å²) in [6.07, 6.45) is 11.2. The third-order valence-corrected chi connectivity index (χ3v) is 6.53. The summed E-state index contributed by atoms with van der Waals surface area (Å²) >= 11 is 0. The highest BCUT2D eigenvalue weighted by Crippen LogP contribution is 2.27. The molecule has 1 aliphatic heterocycles. The molecule has 3 rings (SSSR count). The standard InChI is InChI=1S/C30H32F2N5/c1-7-37-23(14-9-21-11-16-27(35(3)4)24(18-33)29(21)31)13-8-20(2)26(37)15-10-22-12-17-28(36(5)6)25(19-34)30(22)32/h8-17,20,26H,7H2,1-6H3/q+1/b15-10+/t20-,26?/m0/s1. The number of allylic oxidation sites excluding steroid dienone is 2. The van der Waals surface area contributed by atoms with Crippen molar-refractivity contribution < 1.29 is 13.4 Å². The first-order valence-corrected chi connectivity index (χ1v) is 12.1. The number of hydrogen-bond donors (Lipinski definition) is 0. The van der Waals surface area contributed by atoms with Gasteiger partial charge in [-0.25, -0.2) is 13.4 Å². The van der Waals surface area contributed by atoms with E-state index in [2.05, 4.69) is 17.6 Å². The van der Waals surface area contributed by atoms with Gasteiger partial charge < -0.3 is 9.80 Å². The van der Waals surface area contributed by atoms with Crippen LogP contribution < -0.4 is 9.80 Å². The molecule has 1 heterocycles. The van der Waals surface area contributed by atoms with Crippen molar-refractivity contribution >= 4 is 29.2 Å². The smallest absolute Gasteiger partial charge is 0.200 e. The van der Waals surface area contributed by atoms with Crippen molar-refractivity contribution in [3.05, 3.63) is 82.5 Å². The van der Waals surface area contributed by atoms with Crippen molar-refractivity contribution in [2.24, 2.45) is 5.92 Å². The maximum absolute atomic E-state index is 15.1. The van der Waals surface area contributed by atoms with Crippen molar-refractivity contribution in [1.82, 2.24) is 0 Å². The Bertz CT molecular complexity index is 1380. The Labute approximate surface area is 218 Å². The van der Waals surface area contributed by atoms with Crippen molar-refractivity contribution in [1.29, 1.82) is 10.5 Å². The van der Waals surface area contributed by atoms with Gasteiger partial charge in [-0.15, -0.1) is 0 Å². The lowest BCUT2D eigenvalue weighted by Crippen LogP contribution is -2.36. The Hall–Kier alpha value is -4.23. The minimum absolute atomic E-state index is 0.0113. The van der Waals surface area contributed by atoms with Gasteiger partial charge in [0.15, 0.2) is 11.8 Å². The van der Waals surface area contributed by atoms with Crippen LogP contribution in [0, 0.1) is 40.2 Å². The van der Waals surface area contributed by atoms with E-state index >= 15 is 8.78 Å². The highest BCUT2D eigenvalue weighted by Gasteiger charge is 2.28. The van der Waals surface area contributed by atoms with Gasteiger partial charge in [0.2, 0.25) is 0 Å². The minimum Gasteiger partial charge on any atom is -0.377 e. The molecule has 190 valence electrons. The fourth-order valence-electron chi connectivity index (χ4n) is 4.50. The van der Waals surface area contributed by atoms with Crippen LogP contribution in [0.4, 0.5) is 20.2 Å². The quantitative estimate of drug-likeness (QED) is 0.464. The van der Waals surface area contributed by atoms with E-state index in [4.69, 9.17) is 0 Å². The first kappa shape index (κ1) is 27.4. The van der Waals surface area contributed by atoms with Crippen LogP contribution in [0.5, 0.6) is 0 Å². The van der Waals surface area contributed by atoms with E-state index in [-0.39, 0.29) is 23.1 Å². The van der Waals surface area contributed by atoms with E-state index in [9.17, 15) is 10.5 Å². The van der Waals surface area contributed by atoms with Crippen molar-refractivity contribution in [3.63, 3.8) is 0 Å². The Kier molecular flexibility index (Phi) is 8.63. The molecule has 0 saturated heterocycles. The fourth-order valence-corrected chi connectivity index (χ4v) is 4.50. The van der Waals surface area contributed by atoms with E-state index in [1.54, 1.807) is 74.4 Å². The summed E-state index contributed by atoms with van der Waals surface area (Å²) < 4.78 is 32.3. The molecule has 1 unspecified atom stereocenters. The van der Waals surface area contributed by atoms with Crippen LogP contribution in [-0.4, -0.2) is 51.1 Å². The first-order valence-electron chi connectivity index (χ1n) is 12.1. The van der Waals surface area contributed by atoms with E-state index in [1.807, 2.05) is 37.3 Å². The number of halogens is 2. The zero-order chi connectivity index (χ0) is 27.3. The first-order chi connectivity index (χ1) is 17.6. The van der Waals surface area contributed by atoms with Crippen LogP contribution >= 0.6 is 0 Å². The Balaban J connectivity index is 1.98. The van der Waals surface area contributed by atoms with E-state index in [0.717, 1.165) is 5.71 Å². The van der Waals surface area contributed by atoms with Crippen LogP contribution in [0.25, 0.3) is 12.2 Å². The number of likely N-dealkylation sites (N-methyl/N-ethyl adjacent to an activating group) is 1. The molecular weight excluding hydrogens is 468 g/mol. The number of rotatable bonds is 7. The number of anilines is 2. The summed E-state index contributed by atoms with van der Waals surface area (Å²) in [6.45, 7) is 4.79. The van der Waals surface area contributed by atoms with E-state index in [0.29, 0.717) is 29.0 Å². The largest absolute Gasteiger partial charge is 0.377 e. The van der Waals surface area contributed by atoms with Gasteiger partial charge in [0.25, 0.3) is 0 Å². The molecule has 0 radical (unpaired) electrons. The second-order valence-corrected chi connectivity index (χ2v) is 9.35. The second-order valence-electron chi connectivity index (χ2n) is 9.35. The molecule has 5 nitrogen and oxygen atoms in total. The predicted octanol–water partition coefficient (Wildman–Crippen LogP) is 5.61. The van der Waals surface area contributed by atoms with Gasteiger partial charge in [0, 0.05) is 57.4 Å². The van der Waals surface area contributed by atoms with E-state index in [1.165, 1.54) is 0 Å². The van der Waals surface area contributed by atoms with Crippen LogP contribution in [0.2, 0.25) is 0 Å². The molecule has 1 aliphatic rings. The summed E-state index contributed by atoms with van der Waals surface area (Å²) in [5.41, 5.74) is 2.66. The number of nitriles is 2. The molecule has 0 saturated carbocycles. The van der Waals surface area contributed by atoms with Crippen LogP contribution in [0.1, 0.15) is 36.1 Å².